The molecule has 120 valence electrons. The first kappa shape index (κ1) is 15.6. The van der Waals surface area contributed by atoms with Crippen LogP contribution in [0.3, 0.4) is 0 Å². The molecule has 1 aliphatic heterocycles. The molecule has 0 amide bonds. The molecule has 22 heavy (non-hydrogen) atoms. The Morgan fingerprint density at radius 3 is 2.73 bits per heavy atom. The number of nitrogens with zero attached hydrogens (tertiary/aromatic N) is 1. The molecule has 6 heteroatoms. The summed E-state index contributed by atoms with van der Waals surface area (Å²) >= 11 is 0. The predicted octanol–water partition coefficient (Wildman–Crippen LogP) is 2.19. The lowest BCUT2D eigenvalue weighted by molar-refractivity contribution is -0.106. The van der Waals surface area contributed by atoms with E-state index in [9.17, 15) is 8.42 Å². The zero-order valence-electron chi connectivity index (χ0n) is 12.7. The first-order chi connectivity index (χ1) is 10.4. The molecule has 1 unspecified atom stereocenters. The Balaban J connectivity index is 1.92. The van der Waals surface area contributed by atoms with Gasteiger partial charge in [0, 0.05) is 23.9 Å². The second kappa shape index (κ2) is 5.76. The SMILES string of the molecule is CS(=O)(=O)OCC1(c2ccccn2)CCOC2(CC=CC2)C1. The van der Waals surface area contributed by atoms with Crippen LogP contribution in [0.25, 0.3) is 0 Å². The summed E-state index contributed by atoms with van der Waals surface area (Å²) in [6, 6.07) is 5.74. The number of aromatic nitrogens is 1. The van der Waals surface area contributed by atoms with Crippen LogP contribution in [0.15, 0.2) is 36.5 Å². The van der Waals surface area contributed by atoms with Crippen LogP contribution in [-0.2, 0) is 24.5 Å². The van der Waals surface area contributed by atoms with E-state index in [1.54, 1.807) is 6.20 Å². The van der Waals surface area contributed by atoms with Gasteiger partial charge in [0.1, 0.15) is 0 Å². The fourth-order valence-corrected chi connectivity index (χ4v) is 3.91. The highest BCUT2D eigenvalue weighted by Crippen LogP contribution is 2.46. The molecular formula is C16H21NO4S. The lowest BCUT2D eigenvalue weighted by Gasteiger charge is -2.45. The fourth-order valence-electron chi connectivity index (χ4n) is 3.47. The third-order valence-corrected chi connectivity index (χ3v) is 5.10. The molecule has 0 radical (unpaired) electrons. The van der Waals surface area contributed by atoms with E-state index in [0.717, 1.165) is 31.2 Å². The first-order valence-corrected chi connectivity index (χ1v) is 9.30. The van der Waals surface area contributed by atoms with Gasteiger partial charge in [-0.3, -0.25) is 9.17 Å². The summed E-state index contributed by atoms with van der Waals surface area (Å²) < 4.78 is 34.2. The van der Waals surface area contributed by atoms with Crippen molar-refractivity contribution in [2.45, 2.75) is 36.7 Å². The molecular weight excluding hydrogens is 302 g/mol. The van der Waals surface area contributed by atoms with Crippen LogP contribution < -0.4 is 0 Å². The van der Waals surface area contributed by atoms with Crippen molar-refractivity contribution in [3.63, 3.8) is 0 Å². The van der Waals surface area contributed by atoms with Crippen molar-refractivity contribution < 1.29 is 17.3 Å². The van der Waals surface area contributed by atoms with E-state index in [0.29, 0.717) is 13.0 Å². The van der Waals surface area contributed by atoms with Gasteiger partial charge in [-0.2, -0.15) is 8.42 Å². The number of ether oxygens (including phenoxy) is 1. The summed E-state index contributed by atoms with van der Waals surface area (Å²) in [5, 5.41) is 0. The van der Waals surface area contributed by atoms with Gasteiger partial charge < -0.3 is 4.74 Å². The Morgan fingerprint density at radius 2 is 2.09 bits per heavy atom. The third kappa shape index (κ3) is 3.24. The van der Waals surface area contributed by atoms with Gasteiger partial charge in [0.15, 0.2) is 0 Å². The molecule has 2 heterocycles. The molecule has 0 saturated carbocycles. The molecule has 1 aliphatic carbocycles. The molecule has 2 aliphatic rings. The molecule has 0 bridgehead atoms. The van der Waals surface area contributed by atoms with E-state index in [-0.39, 0.29) is 12.2 Å². The Hall–Kier alpha value is -1.24. The highest BCUT2D eigenvalue weighted by atomic mass is 32.2. The largest absolute Gasteiger partial charge is 0.374 e. The van der Waals surface area contributed by atoms with Gasteiger partial charge in [0.25, 0.3) is 10.1 Å². The number of rotatable bonds is 4. The molecule has 0 aromatic carbocycles. The molecule has 1 atom stereocenters. The lowest BCUT2D eigenvalue weighted by atomic mass is 9.70. The van der Waals surface area contributed by atoms with E-state index in [1.165, 1.54) is 0 Å². The zero-order chi connectivity index (χ0) is 15.7. The molecule has 5 nitrogen and oxygen atoms in total. The zero-order valence-corrected chi connectivity index (χ0v) is 13.5. The molecule has 1 saturated heterocycles. The van der Waals surface area contributed by atoms with Gasteiger partial charge in [-0.15, -0.1) is 0 Å². The monoisotopic (exact) mass is 323 g/mol. The van der Waals surface area contributed by atoms with Crippen LogP contribution in [0.4, 0.5) is 0 Å². The van der Waals surface area contributed by atoms with Crippen LogP contribution in [0.1, 0.15) is 31.4 Å². The summed E-state index contributed by atoms with van der Waals surface area (Å²) in [6.07, 6.45) is 10.2. The van der Waals surface area contributed by atoms with Crippen molar-refractivity contribution in [3.05, 3.63) is 42.2 Å². The van der Waals surface area contributed by atoms with Gasteiger partial charge in [-0.05, 0) is 37.8 Å². The Labute approximate surface area is 131 Å². The average Bonchev–Trinajstić information content (AvgIpc) is 2.93. The lowest BCUT2D eigenvalue weighted by Crippen LogP contribution is -2.49. The van der Waals surface area contributed by atoms with E-state index < -0.39 is 15.5 Å². The molecule has 0 N–H and O–H groups in total. The quantitative estimate of drug-likeness (QED) is 0.628. The van der Waals surface area contributed by atoms with Crippen molar-refractivity contribution in [1.82, 2.24) is 4.98 Å². The topological polar surface area (TPSA) is 65.5 Å². The second-order valence-corrected chi connectivity index (χ2v) is 7.94. The normalized spacial score (nSPS) is 27.3. The van der Waals surface area contributed by atoms with Crippen LogP contribution in [0.5, 0.6) is 0 Å². The van der Waals surface area contributed by atoms with Crippen LogP contribution in [-0.4, -0.2) is 38.5 Å². The van der Waals surface area contributed by atoms with Gasteiger partial charge in [-0.1, -0.05) is 18.2 Å². The van der Waals surface area contributed by atoms with Crippen LogP contribution >= 0.6 is 0 Å². The standard InChI is InChI=1S/C16H21NO4S/c1-22(18,19)21-13-15(14-6-2-5-10-17-14)9-11-20-16(12-15)7-3-4-8-16/h2-6,10H,7-9,11-13H2,1H3. The number of hydrogen-bond donors (Lipinski definition) is 0. The highest BCUT2D eigenvalue weighted by Gasteiger charge is 2.48. The van der Waals surface area contributed by atoms with E-state index >= 15 is 0 Å². The van der Waals surface area contributed by atoms with Gasteiger partial charge in [-0.25, -0.2) is 0 Å². The Bertz CT molecular complexity index is 648. The maximum absolute atomic E-state index is 11.5. The van der Waals surface area contributed by atoms with Crippen molar-refractivity contribution in [2.75, 3.05) is 19.5 Å². The molecule has 1 aromatic heterocycles. The summed E-state index contributed by atoms with van der Waals surface area (Å²) in [4.78, 5) is 4.48. The highest BCUT2D eigenvalue weighted by molar-refractivity contribution is 7.85. The summed E-state index contributed by atoms with van der Waals surface area (Å²) in [5.74, 6) is 0. The smallest absolute Gasteiger partial charge is 0.264 e. The van der Waals surface area contributed by atoms with Crippen molar-refractivity contribution in [1.29, 1.82) is 0 Å². The number of hydrogen-bond acceptors (Lipinski definition) is 5. The van der Waals surface area contributed by atoms with E-state index in [4.69, 9.17) is 8.92 Å². The minimum absolute atomic E-state index is 0.119. The maximum Gasteiger partial charge on any atom is 0.264 e. The first-order valence-electron chi connectivity index (χ1n) is 7.48. The molecule has 1 aromatic rings. The second-order valence-electron chi connectivity index (χ2n) is 6.30. The molecule has 3 rings (SSSR count). The Morgan fingerprint density at radius 1 is 1.32 bits per heavy atom. The van der Waals surface area contributed by atoms with Crippen molar-refractivity contribution >= 4 is 10.1 Å². The summed E-state index contributed by atoms with van der Waals surface area (Å²) in [7, 11) is -3.49. The summed E-state index contributed by atoms with van der Waals surface area (Å²) in [5.41, 5.74) is 0.221. The van der Waals surface area contributed by atoms with Crippen LogP contribution in [0.2, 0.25) is 0 Å². The third-order valence-electron chi connectivity index (χ3n) is 4.55. The predicted molar refractivity (Wildman–Crippen MR) is 83.0 cm³/mol. The Kier molecular flexibility index (Phi) is 4.09. The molecule has 1 fully saturated rings. The van der Waals surface area contributed by atoms with Crippen LogP contribution in [0, 0.1) is 0 Å². The van der Waals surface area contributed by atoms with Crippen molar-refractivity contribution in [2.24, 2.45) is 0 Å². The summed E-state index contributed by atoms with van der Waals surface area (Å²) in [6.45, 7) is 0.708. The number of pyridine rings is 1. The van der Waals surface area contributed by atoms with Gasteiger partial charge >= 0.3 is 0 Å². The molecule has 1 spiro atoms. The maximum atomic E-state index is 11.5. The van der Waals surface area contributed by atoms with Gasteiger partial charge in [0.05, 0.1) is 18.5 Å². The minimum Gasteiger partial charge on any atom is -0.374 e. The fraction of sp³-hybridized carbons (Fsp3) is 0.562. The minimum atomic E-state index is -3.49. The van der Waals surface area contributed by atoms with Gasteiger partial charge in [0.2, 0.25) is 0 Å². The average molecular weight is 323 g/mol. The van der Waals surface area contributed by atoms with E-state index in [1.807, 2.05) is 18.2 Å². The van der Waals surface area contributed by atoms with E-state index in [2.05, 4.69) is 17.1 Å². The van der Waals surface area contributed by atoms with Crippen molar-refractivity contribution in [3.8, 4) is 0 Å².